The number of nitrogens with zero attached hydrogens (tertiary/aromatic N) is 6. The van der Waals surface area contributed by atoms with Gasteiger partial charge in [0.1, 0.15) is 11.9 Å². The number of rotatable bonds is 6. The van der Waals surface area contributed by atoms with Gasteiger partial charge < -0.3 is 9.80 Å². The maximum Gasteiger partial charge on any atom is 0.226 e. The highest BCUT2D eigenvalue weighted by Gasteiger charge is 2.45. The Bertz CT molecular complexity index is 1160. The SMILES string of the molecule is C=Cc1cnnc(-c2cc(C#N)c(N3CCN(C(=O)C4CC4)C(C4CC4)C3)nc2C2CC2)c1. The zero-order valence-electron chi connectivity index (χ0n) is 18.8. The molecule has 2 aromatic heterocycles. The molecule has 0 bridgehead atoms. The molecule has 3 heterocycles. The third-order valence-corrected chi connectivity index (χ3v) is 7.40. The van der Waals surface area contributed by atoms with Gasteiger partial charge in [-0.2, -0.15) is 15.5 Å². The van der Waals surface area contributed by atoms with Crippen molar-refractivity contribution in [2.45, 2.75) is 50.5 Å². The summed E-state index contributed by atoms with van der Waals surface area (Å²) in [5.74, 6) is 2.34. The van der Waals surface area contributed by atoms with Gasteiger partial charge in [0, 0.05) is 37.0 Å². The summed E-state index contributed by atoms with van der Waals surface area (Å²) in [5, 5.41) is 18.5. The van der Waals surface area contributed by atoms with Crippen molar-refractivity contribution in [3.05, 3.63) is 41.7 Å². The predicted octanol–water partition coefficient (Wildman–Crippen LogP) is 3.77. The van der Waals surface area contributed by atoms with Crippen LogP contribution in [0.25, 0.3) is 17.3 Å². The van der Waals surface area contributed by atoms with Gasteiger partial charge in [-0.3, -0.25) is 4.79 Å². The van der Waals surface area contributed by atoms with E-state index in [1.165, 1.54) is 12.8 Å². The van der Waals surface area contributed by atoms with Gasteiger partial charge in [-0.1, -0.05) is 12.7 Å². The summed E-state index contributed by atoms with van der Waals surface area (Å²) in [6.07, 6.45) is 10.1. The Morgan fingerprint density at radius 2 is 1.97 bits per heavy atom. The first-order valence-electron chi connectivity index (χ1n) is 12.1. The van der Waals surface area contributed by atoms with Crippen molar-refractivity contribution in [1.82, 2.24) is 20.1 Å². The van der Waals surface area contributed by atoms with Crippen molar-refractivity contribution in [3.63, 3.8) is 0 Å². The van der Waals surface area contributed by atoms with Crippen LogP contribution in [0.1, 0.15) is 61.3 Å². The Hall–Kier alpha value is -3.27. The maximum absolute atomic E-state index is 12.9. The summed E-state index contributed by atoms with van der Waals surface area (Å²) in [6.45, 7) is 6.04. The van der Waals surface area contributed by atoms with Crippen LogP contribution in [-0.4, -0.2) is 51.7 Å². The van der Waals surface area contributed by atoms with Crippen molar-refractivity contribution in [2.24, 2.45) is 11.8 Å². The Balaban J connectivity index is 1.35. The molecule has 1 aliphatic heterocycles. The maximum atomic E-state index is 12.9. The third kappa shape index (κ3) is 3.88. The molecule has 1 atom stereocenters. The lowest BCUT2D eigenvalue weighted by Gasteiger charge is -2.43. The number of aromatic nitrogens is 3. The molecule has 0 spiro atoms. The largest absolute Gasteiger partial charge is 0.352 e. The molecule has 0 radical (unpaired) electrons. The summed E-state index contributed by atoms with van der Waals surface area (Å²) >= 11 is 0. The van der Waals surface area contributed by atoms with Crippen LogP contribution >= 0.6 is 0 Å². The summed E-state index contributed by atoms with van der Waals surface area (Å²) in [7, 11) is 0. The second-order valence-electron chi connectivity index (χ2n) is 9.91. The zero-order chi connectivity index (χ0) is 22.5. The Labute approximate surface area is 194 Å². The van der Waals surface area contributed by atoms with Gasteiger partial charge in [0.2, 0.25) is 5.91 Å². The molecule has 7 nitrogen and oxygen atoms in total. The molecule has 3 saturated carbocycles. The first-order valence-corrected chi connectivity index (χ1v) is 12.1. The Kier molecular flexibility index (Phi) is 4.90. The van der Waals surface area contributed by atoms with E-state index in [-0.39, 0.29) is 12.0 Å². The molecular weight excluding hydrogens is 412 g/mol. The molecule has 2 aromatic rings. The smallest absolute Gasteiger partial charge is 0.226 e. The fraction of sp³-hybridized carbons (Fsp3) is 0.500. The molecule has 0 aromatic carbocycles. The number of hydrogen-bond acceptors (Lipinski definition) is 6. The van der Waals surface area contributed by atoms with Crippen molar-refractivity contribution in [3.8, 4) is 17.3 Å². The number of pyridine rings is 1. The average molecular weight is 441 g/mol. The number of nitriles is 1. The van der Waals surface area contributed by atoms with Crippen molar-refractivity contribution in [2.75, 3.05) is 24.5 Å². The topological polar surface area (TPSA) is 86.0 Å². The Morgan fingerprint density at radius 1 is 1.15 bits per heavy atom. The number of carbonyl (C=O) groups is 1. The number of amides is 1. The van der Waals surface area contributed by atoms with Crippen molar-refractivity contribution < 1.29 is 4.79 Å². The molecule has 4 fully saturated rings. The van der Waals surface area contributed by atoms with Crippen LogP contribution in [-0.2, 0) is 4.79 Å². The molecule has 0 N–H and O–H groups in total. The van der Waals surface area contributed by atoms with E-state index < -0.39 is 0 Å². The molecule has 1 unspecified atom stereocenters. The number of anilines is 1. The van der Waals surface area contributed by atoms with Crippen LogP contribution < -0.4 is 4.90 Å². The van der Waals surface area contributed by atoms with E-state index in [0.29, 0.717) is 23.3 Å². The van der Waals surface area contributed by atoms with E-state index in [0.717, 1.165) is 73.7 Å². The second kappa shape index (κ2) is 7.95. The molecule has 6 rings (SSSR count). The molecular formula is C26H28N6O. The van der Waals surface area contributed by atoms with E-state index in [1.807, 2.05) is 12.1 Å². The third-order valence-electron chi connectivity index (χ3n) is 7.40. The summed E-state index contributed by atoms with van der Waals surface area (Å²) in [5.41, 5.74) is 4.11. The highest BCUT2D eigenvalue weighted by atomic mass is 16.2. The molecule has 3 aliphatic carbocycles. The van der Waals surface area contributed by atoms with Gasteiger partial charge in [0.25, 0.3) is 0 Å². The van der Waals surface area contributed by atoms with E-state index in [4.69, 9.17) is 4.98 Å². The standard InChI is InChI=1S/C26H28N6O/c1-2-16-11-22(30-28-14-16)21-12-20(13-27)25(29-24(21)18-5-6-18)31-9-10-32(26(33)19-7-8-19)23(15-31)17-3-4-17/h2,11-12,14,17-19,23H,1,3-10,15H2. The second-order valence-corrected chi connectivity index (χ2v) is 9.91. The first kappa shape index (κ1) is 20.3. The van der Waals surface area contributed by atoms with Crippen molar-refractivity contribution in [1.29, 1.82) is 5.26 Å². The fourth-order valence-electron chi connectivity index (χ4n) is 5.06. The lowest BCUT2D eigenvalue weighted by atomic mass is 10.0. The molecule has 1 saturated heterocycles. The number of piperazine rings is 1. The van der Waals surface area contributed by atoms with Gasteiger partial charge in [-0.25, -0.2) is 4.98 Å². The highest BCUT2D eigenvalue weighted by molar-refractivity contribution is 5.82. The minimum atomic E-state index is 0.236. The highest BCUT2D eigenvalue weighted by Crippen LogP contribution is 2.45. The van der Waals surface area contributed by atoms with Gasteiger partial charge in [-0.05, 0) is 62.1 Å². The minimum Gasteiger partial charge on any atom is -0.352 e. The monoisotopic (exact) mass is 440 g/mol. The minimum absolute atomic E-state index is 0.236. The quantitative estimate of drug-likeness (QED) is 0.680. The van der Waals surface area contributed by atoms with Crippen LogP contribution in [0.15, 0.2) is 24.9 Å². The molecule has 168 valence electrons. The summed E-state index contributed by atoms with van der Waals surface area (Å²) in [6, 6.07) is 6.52. The molecule has 7 heteroatoms. The van der Waals surface area contributed by atoms with E-state index in [1.54, 1.807) is 12.3 Å². The summed E-state index contributed by atoms with van der Waals surface area (Å²) in [4.78, 5) is 22.4. The lowest BCUT2D eigenvalue weighted by molar-refractivity contribution is -0.135. The van der Waals surface area contributed by atoms with Crippen LogP contribution in [0.5, 0.6) is 0 Å². The summed E-state index contributed by atoms with van der Waals surface area (Å²) < 4.78 is 0. The van der Waals surface area contributed by atoms with Gasteiger partial charge in [0.15, 0.2) is 0 Å². The predicted molar refractivity (Wildman–Crippen MR) is 125 cm³/mol. The van der Waals surface area contributed by atoms with Crippen LogP contribution in [0.3, 0.4) is 0 Å². The van der Waals surface area contributed by atoms with Crippen LogP contribution in [0, 0.1) is 23.2 Å². The fourth-order valence-corrected chi connectivity index (χ4v) is 5.06. The van der Waals surface area contributed by atoms with Gasteiger partial charge >= 0.3 is 0 Å². The number of hydrogen-bond donors (Lipinski definition) is 0. The number of carbonyl (C=O) groups excluding carboxylic acids is 1. The van der Waals surface area contributed by atoms with E-state index in [9.17, 15) is 10.1 Å². The average Bonchev–Trinajstić information content (AvgIpc) is 3.72. The van der Waals surface area contributed by atoms with Crippen LogP contribution in [0.2, 0.25) is 0 Å². The molecule has 4 aliphatic rings. The van der Waals surface area contributed by atoms with Crippen molar-refractivity contribution >= 4 is 17.8 Å². The first-order chi connectivity index (χ1) is 16.2. The normalized spacial score (nSPS) is 22.7. The van der Waals surface area contributed by atoms with E-state index >= 15 is 0 Å². The molecule has 1 amide bonds. The van der Waals surface area contributed by atoms with Gasteiger partial charge in [0.05, 0.1) is 29.2 Å². The lowest BCUT2D eigenvalue weighted by Crippen LogP contribution is -2.57. The van der Waals surface area contributed by atoms with Crippen LogP contribution in [0.4, 0.5) is 5.82 Å². The van der Waals surface area contributed by atoms with Gasteiger partial charge in [-0.15, -0.1) is 0 Å². The Morgan fingerprint density at radius 3 is 2.64 bits per heavy atom. The van der Waals surface area contributed by atoms with E-state index in [2.05, 4.69) is 32.6 Å². The zero-order valence-corrected chi connectivity index (χ0v) is 18.8. The molecule has 33 heavy (non-hydrogen) atoms.